The minimum absolute atomic E-state index is 0.207. The molecule has 0 aliphatic rings. The lowest BCUT2D eigenvalue weighted by Gasteiger charge is -2.12. The summed E-state index contributed by atoms with van der Waals surface area (Å²) in [5.74, 6) is -0.174. The van der Waals surface area contributed by atoms with E-state index >= 15 is 0 Å². The molecule has 7 heteroatoms. The highest BCUT2D eigenvalue weighted by molar-refractivity contribution is 9.10. The summed E-state index contributed by atoms with van der Waals surface area (Å²) >= 11 is 9.43. The van der Waals surface area contributed by atoms with Gasteiger partial charge in [-0.05, 0) is 24.3 Å². The fraction of sp³-hybridized carbons (Fsp3) is 0.0769. The van der Waals surface area contributed by atoms with Gasteiger partial charge in [-0.15, -0.1) is 0 Å². The van der Waals surface area contributed by atoms with Crippen molar-refractivity contribution in [2.24, 2.45) is 0 Å². The number of hydrogen-bond acceptors (Lipinski definition) is 5. The van der Waals surface area contributed by atoms with Gasteiger partial charge in [0.15, 0.2) is 5.82 Å². The van der Waals surface area contributed by atoms with Gasteiger partial charge >= 0.3 is 5.97 Å². The number of pyridine rings is 1. The number of benzene rings is 1. The summed E-state index contributed by atoms with van der Waals surface area (Å²) in [6, 6.07) is 6.84. The number of nitrogens with one attached hydrogen (secondary N) is 1. The van der Waals surface area contributed by atoms with Gasteiger partial charge in [-0.1, -0.05) is 27.5 Å². The number of aromatic nitrogens is 1. The molecule has 0 aliphatic heterocycles. The SMILES string of the molecule is COC(=O)c1ccnc(Nc2ccc(Br)cc2Cl)c1N. The van der Waals surface area contributed by atoms with E-state index < -0.39 is 5.97 Å². The van der Waals surface area contributed by atoms with Crippen LogP contribution in [-0.2, 0) is 4.74 Å². The first kappa shape index (κ1) is 14.6. The molecule has 5 nitrogen and oxygen atoms in total. The van der Waals surface area contributed by atoms with Gasteiger partial charge in [-0.25, -0.2) is 9.78 Å². The van der Waals surface area contributed by atoms with Gasteiger partial charge in [-0.2, -0.15) is 0 Å². The van der Waals surface area contributed by atoms with E-state index in [-0.39, 0.29) is 11.3 Å². The number of nitrogen functional groups attached to an aromatic ring is 1. The summed E-state index contributed by atoms with van der Waals surface area (Å²) in [6.07, 6.45) is 1.47. The number of carbonyl (C=O) groups is 1. The third kappa shape index (κ3) is 3.02. The molecule has 1 aromatic carbocycles. The van der Waals surface area contributed by atoms with Crippen molar-refractivity contribution in [3.05, 3.63) is 45.5 Å². The summed E-state index contributed by atoms with van der Waals surface area (Å²) in [4.78, 5) is 15.7. The second-order valence-electron chi connectivity index (χ2n) is 3.86. The highest BCUT2D eigenvalue weighted by Crippen LogP contribution is 2.30. The third-order valence-electron chi connectivity index (χ3n) is 2.58. The van der Waals surface area contributed by atoms with Gasteiger partial charge in [0.25, 0.3) is 0 Å². The monoisotopic (exact) mass is 355 g/mol. The van der Waals surface area contributed by atoms with Crippen molar-refractivity contribution in [1.82, 2.24) is 4.98 Å². The average molecular weight is 357 g/mol. The molecule has 0 aliphatic carbocycles. The lowest BCUT2D eigenvalue weighted by molar-refractivity contribution is 0.0602. The molecule has 2 rings (SSSR count). The maximum Gasteiger partial charge on any atom is 0.340 e. The van der Waals surface area contributed by atoms with Gasteiger partial charge in [0.05, 0.1) is 29.1 Å². The Bertz CT molecular complexity index is 664. The molecule has 3 N–H and O–H groups in total. The van der Waals surface area contributed by atoms with Gasteiger partial charge in [0.2, 0.25) is 0 Å². The molecule has 0 spiro atoms. The summed E-state index contributed by atoms with van der Waals surface area (Å²) in [7, 11) is 1.29. The van der Waals surface area contributed by atoms with Crippen LogP contribution in [0.15, 0.2) is 34.9 Å². The van der Waals surface area contributed by atoms with Crippen LogP contribution in [-0.4, -0.2) is 18.1 Å². The Labute approximate surface area is 129 Å². The van der Waals surface area contributed by atoms with E-state index in [9.17, 15) is 4.79 Å². The summed E-state index contributed by atoms with van der Waals surface area (Å²) in [5.41, 5.74) is 7.00. The number of carbonyl (C=O) groups excluding carboxylic acids is 1. The minimum Gasteiger partial charge on any atom is -0.465 e. The summed E-state index contributed by atoms with van der Waals surface area (Å²) in [5, 5.41) is 3.49. The molecule has 1 aromatic heterocycles. The molecule has 0 saturated heterocycles. The molecular weight excluding hydrogens is 346 g/mol. The van der Waals surface area contributed by atoms with Crippen LogP contribution >= 0.6 is 27.5 Å². The molecule has 2 aromatic rings. The first-order valence-corrected chi connectivity index (χ1v) is 6.75. The predicted octanol–water partition coefficient (Wildman–Crippen LogP) is 3.61. The number of ether oxygens (including phenoxy) is 1. The first-order chi connectivity index (χ1) is 9.52. The van der Waals surface area contributed by atoms with Crippen molar-refractivity contribution in [3.63, 3.8) is 0 Å². The normalized spacial score (nSPS) is 10.2. The Kier molecular flexibility index (Phi) is 4.46. The maximum atomic E-state index is 11.6. The number of halogens is 2. The van der Waals surface area contributed by atoms with Crippen molar-refractivity contribution in [1.29, 1.82) is 0 Å². The molecular formula is C13H11BrClN3O2. The van der Waals surface area contributed by atoms with E-state index in [0.29, 0.717) is 16.5 Å². The maximum absolute atomic E-state index is 11.6. The second kappa shape index (κ2) is 6.11. The number of methoxy groups -OCH3 is 1. The van der Waals surface area contributed by atoms with Gasteiger partial charge in [0.1, 0.15) is 0 Å². The van der Waals surface area contributed by atoms with Crippen LogP contribution in [0.3, 0.4) is 0 Å². The van der Waals surface area contributed by atoms with E-state index in [0.717, 1.165) is 4.47 Å². The predicted molar refractivity (Wildman–Crippen MR) is 82.4 cm³/mol. The fourth-order valence-corrected chi connectivity index (χ4v) is 2.30. The number of anilines is 3. The summed E-state index contributed by atoms with van der Waals surface area (Å²) in [6.45, 7) is 0. The number of rotatable bonds is 3. The Hall–Kier alpha value is -1.79. The van der Waals surface area contributed by atoms with Crippen LogP contribution < -0.4 is 11.1 Å². The van der Waals surface area contributed by atoms with Crippen LogP contribution in [0, 0.1) is 0 Å². The van der Waals surface area contributed by atoms with Crippen molar-refractivity contribution in [3.8, 4) is 0 Å². The van der Waals surface area contributed by atoms with E-state index in [1.807, 2.05) is 6.07 Å². The fourth-order valence-electron chi connectivity index (χ4n) is 1.58. The van der Waals surface area contributed by atoms with Crippen LogP contribution in [0.4, 0.5) is 17.2 Å². The molecule has 20 heavy (non-hydrogen) atoms. The molecule has 0 atom stereocenters. The van der Waals surface area contributed by atoms with Crippen LogP contribution in [0.5, 0.6) is 0 Å². The Balaban J connectivity index is 2.37. The highest BCUT2D eigenvalue weighted by atomic mass is 79.9. The largest absolute Gasteiger partial charge is 0.465 e. The molecule has 104 valence electrons. The number of nitrogens with two attached hydrogens (primary N) is 1. The van der Waals surface area contributed by atoms with E-state index in [2.05, 4.69) is 31.0 Å². The van der Waals surface area contributed by atoms with E-state index in [4.69, 9.17) is 17.3 Å². The zero-order valence-corrected chi connectivity index (χ0v) is 12.8. The zero-order valence-electron chi connectivity index (χ0n) is 10.5. The van der Waals surface area contributed by atoms with E-state index in [1.165, 1.54) is 19.4 Å². The smallest absolute Gasteiger partial charge is 0.340 e. The lowest BCUT2D eigenvalue weighted by atomic mass is 10.2. The zero-order chi connectivity index (χ0) is 14.7. The standard InChI is InChI=1S/C13H11BrClN3O2/c1-20-13(19)8-4-5-17-12(11(8)16)18-10-3-2-7(14)6-9(10)15/h2-6H,16H2,1H3,(H,17,18). The molecule has 0 fully saturated rings. The summed E-state index contributed by atoms with van der Waals surface area (Å²) < 4.78 is 5.51. The van der Waals surface area contributed by atoms with Crippen LogP contribution in [0.25, 0.3) is 0 Å². The van der Waals surface area contributed by atoms with Crippen molar-refractivity contribution in [2.45, 2.75) is 0 Å². The van der Waals surface area contributed by atoms with Crippen molar-refractivity contribution in [2.75, 3.05) is 18.2 Å². The van der Waals surface area contributed by atoms with Gasteiger partial charge < -0.3 is 15.8 Å². The van der Waals surface area contributed by atoms with Gasteiger partial charge in [0, 0.05) is 10.7 Å². The number of nitrogens with zero attached hydrogens (tertiary/aromatic N) is 1. The molecule has 0 saturated carbocycles. The lowest BCUT2D eigenvalue weighted by Crippen LogP contribution is -2.09. The van der Waals surface area contributed by atoms with E-state index in [1.54, 1.807) is 12.1 Å². The quantitative estimate of drug-likeness (QED) is 0.822. The Morgan fingerprint density at radius 1 is 1.45 bits per heavy atom. The molecule has 0 radical (unpaired) electrons. The molecule has 0 amide bonds. The topological polar surface area (TPSA) is 77.2 Å². The average Bonchev–Trinajstić information content (AvgIpc) is 2.43. The molecule has 1 heterocycles. The van der Waals surface area contributed by atoms with Crippen molar-refractivity contribution >= 4 is 50.7 Å². The Morgan fingerprint density at radius 3 is 2.85 bits per heavy atom. The van der Waals surface area contributed by atoms with Crippen molar-refractivity contribution < 1.29 is 9.53 Å². The van der Waals surface area contributed by atoms with Crippen LogP contribution in [0.1, 0.15) is 10.4 Å². The second-order valence-corrected chi connectivity index (χ2v) is 5.18. The molecule has 0 unspecified atom stereocenters. The van der Waals surface area contributed by atoms with Gasteiger partial charge in [-0.3, -0.25) is 0 Å². The number of esters is 1. The molecule has 0 bridgehead atoms. The first-order valence-electron chi connectivity index (χ1n) is 5.57. The third-order valence-corrected chi connectivity index (χ3v) is 3.39. The van der Waals surface area contributed by atoms with Crippen LogP contribution in [0.2, 0.25) is 5.02 Å². The number of hydrogen-bond donors (Lipinski definition) is 2. The minimum atomic E-state index is -0.519. The highest BCUT2D eigenvalue weighted by Gasteiger charge is 2.14. The Morgan fingerprint density at radius 2 is 2.20 bits per heavy atom.